The highest BCUT2D eigenvalue weighted by Gasteiger charge is 2.24. The van der Waals surface area contributed by atoms with E-state index < -0.39 is 0 Å². The second kappa shape index (κ2) is 7.50. The van der Waals surface area contributed by atoms with Crippen molar-refractivity contribution in [1.29, 1.82) is 0 Å². The summed E-state index contributed by atoms with van der Waals surface area (Å²) in [4.78, 5) is 22.9. The smallest absolute Gasteiger partial charge is 0.244 e. The zero-order chi connectivity index (χ0) is 17.9. The van der Waals surface area contributed by atoms with Crippen molar-refractivity contribution in [2.75, 3.05) is 31.1 Å². The van der Waals surface area contributed by atoms with Crippen LogP contribution in [-0.4, -0.2) is 42.9 Å². The van der Waals surface area contributed by atoms with Crippen LogP contribution in [0.4, 0.5) is 5.69 Å². The number of nitrogens with zero attached hydrogens (tertiary/aromatic N) is 3. The molecule has 1 N–H and O–H groups in total. The standard InChI is InChI=1S/C20H24N4OS/c1-2-21-20(24-11-7-15-5-3-4-6-17(15)24)22-13-19(25)23-10-8-18-16(14-23)9-12-26-18/h3-6,9,12H,2,7-8,10-11,13-14H2,1H3,(H,21,22). The average molecular weight is 369 g/mol. The number of guanidine groups is 1. The minimum Gasteiger partial charge on any atom is -0.356 e. The highest BCUT2D eigenvalue weighted by atomic mass is 32.1. The fourth-order valence-corrected chi connectivity index (χ4v) is 4.55. The Morgan fingerprint density at radius 1 is 1.19 bits per heavy atom. The van der Waals surface area contributed by atoms with Gasteiger partial charge in [0.05, 0.1) is 0 Å². The van der Waals surface area contributed by atoms with Crippen LogP contribution >= 0.6 is 11.3 Å². The Labute approximate surface area is 158 Å². The van der Waals surface area contributed by atoms with Gasteiger partial charge in [0.1, 0.15) is 6.54 Å². The van der Waals surface area contributed by atoms with E-state index in [9.17, 15) is 4.79 Å². The number of fused-ring (bicyclic) bond motifs is 2. The first kappa shape index (κ1) is 17.1. The molecule has 0 bridgehead atoms. The molecule has 136 valence electrons. The van der Waals surface area contributed by atoms with Gasteiger partial charge >= 0.3 is 0 Å². The number of para-hydroxylation sites is 1. The van der Waals surface area contributed by atoms with Crippen molar-refractivity contribution < 1.29 is 4.79 Å². The van der Waals surface area contributed by atoms with Crippen LogP contribution in [0.15, 0.2) is 40.7 Å². The molecule has 1 aromatic heterocycles. The van der Waals surface area contributed by atoms with Crippen LogP contribution in [0.25, 0.3) is 0 Å². The number of hydrogen-bond donors (Lipinski definition) is 1. The first-order valence-electron chi connectivity index (χ1n) is 9.23. The van der Waals surface area contributed by atoms with E-state index in [4.69, 9.17) is 0 Å². The van der Waals surface area contributed by atoms with Gasteiger partial charge in [-0.2, -0.15) is 0 Å². The molecule has 3 heterocycles. The van der Waals surface area contributed by atoms with E-state index in [1.807, 2.05) is 4.90 Å². The van der Waals surface area contributed by atoms with Gasteiger partial charge in [-0.25, -0.2) is 4.99 Å². The van der Waals surface area contributed by atoms with Gasteiger partial charge < -0.3 is 15.1 Å². The van der Waals surface area contributed by atoms with Gasteiger partial charge in [-0.15, -0.1) is 11.3 Å². The summed E-state index contributed by atoms with van der Waals surface area (Å²) in [6, 6.07) is 10.5. The molecule has 0 atom stereocenters. The van der Waals surface area contributed by atoms with E-state index in [1.54, 1.807) is 11.3 Å². The van der Waals surface area contributed by atoms with E-state index in [2.05, 4.69) is 57.8 Å². The third-order valence-electron chi connectivity index (χ3n) is 5.00. The Morgan fingerprint density at radius 2 is 2.08 bits per heavy atom. The van der Waals surface area contributed by atoms with Gasteiger partial charge in [0.25, 0.3) is 0 Å². The quantitative estimate of drug-likeness (QED) is 0.669. The summed E-state index contributed by atoms with van der Waals surface area (Å²) in [5.74, 6) is 0.906. The maximum absolute atomic E-state index is 12.7. The summed E-state index contributed by atoms with van der Waals surface area (Å²) < 4.78 is 0. The second-order valence-electron chi connectivity index (χ2n) is 6.63. The molecule has 2 aliphatic heterocycles. The molecule has 0 spiro atoms. The molecule has 5 nitrogen and oxygen atoms in total. The molecule has 0 saturated heterocycles. The Bertz CT molecular complexity index is 829. The van der Waals surface area contributed by atoms with E-state index in [0.717, 1.165) is 45.0 Å². The van der Waals surface area contributed by atoms with Gasteiger partial charge in [-0.3, -0.25) is 4.79 Å². The summed E-state index contributed by atoms with van der Waals surface area (Å²) in [5.41, 5.74) is 3.82. The fraction of sp³-hybridized carbons (Fsp3) is 0.400. The molecule has 6 heteroatoms. The summed E-state index contributed by atoms with van der Waals surface area (Å²) in [7, 11) is 0. The molecule has 0 unspecified atom stereocenters. The fourth-order valence-electron chi connectivity index (χ4n) is 3.66. The summed E-state index contributed by atoms with van der Waals surface area (Å²) in [6.45, 7) is 5.46. The minimum absolute atomic E-state index is 0.102. The predicted octanol–water partition coefficient (Wildman–Crippen LogP) is 2.66. The lowest BCUT2D eigenvalue weighted by atomic mass is 10.1. The van der Waals surface area contributed by atoms with Crippen molar-refractivity contribution >= 4 is 28.9 Å². The van der Waals surface area contributed by atoms with Crippen LogP contribution < -0.4 is 10.2 Å². The Hall–Kier alpha value is -2.34. The number of rotatable bonds is 3. The predicted molar refractivity (Wildman–Crippen MR) is 107 cm³/mol. The molecule has 0 fully saturated rings. The number of anilines is 1. The Morgan fingerprint density at radius 3 is 2.96 bits per heavy atom. The number of carbonyl (C=O) groups excluding carboxylic acids is 1. The molecule has 2 aromatic rings. The third-order valence-corrected chi connectivity index (χ3v) is 6.03. The van der Waals surface area contributed by atoms with Gasteiger partial charge in [-0.05, 0) is 48.4 Å². The number of aliphatic imine (C=N–C) groups is 1. The van der Waals surface area contributed by atoms with Gasteiger partial charge in [-0.1, -0.05) is 18.2 Å². The summed E-state index contributed by atoms with van der Waals surface area (Å²) in [5, 5.41) is 5.46. The molecule has 26 heavy (non-hydrogen) atoms. The maximum Gasteiger partial charge on any atom is 0.244 e. The molecule has 0 aliphatic carbocycles. The largest absolute Gasteiger partial charge is 0.356 e. The van der Waals surface area contributed by atoms with Crippen LogP contribution in [0.1, 0.15) is 22.9 Å². The lowest BCUT2D eigenvalue weighted by Crippen LogP contribution is -2.42. The number of amides is 1. The topological polar surface area (TPSA) is 47.9 Å². The van der Waals surface area contributed by atoms with E-state index in [0.29, 0.717) is 0 Å². The van der Waals surface area contributed by atoms with Crippen LogP contribution in [0.5, 0.6) is 0 Å². The summed E-state index contributed by atoms with van der Waals surface area (Å²) in [6.07, 6.45) is 1.98. The van der Waals surface area contributed by atoms with Crippen LogP contribution in [0.2, 0.25) is 0 Å². The zero-order valence-electron chi connectivity index (χ0n) is 15.1. The van der Waals surface area contributed by atoms with E-state index in [-0.39, 0.29) is 12.5 Å². The number of thiophene rings is 1. The SMILES string of the molecule is CCNC(=NCC(=O)N1CCc2sccc2C1)N1CCc2ccccc21. The third kappa shape index (κ3) is 3.33. The highest BCUT2D eigenvalue weighted by molar-refractivity contribution is 7.10. The van der Waals surface area contributed by atoms with Gasteiger partial charge in [0.15, 0.2) is 5.96 Å². The maximum atomic E-state index is 12.7. The van der Waals surface area contributed by atoms with Crippen molar-refractivity contribution in [3.05, 3.63) is 51.7 Å². The van der Waals surface area contributed by atoms with Crippen molar-refractivity contribution in [3.8, 4) is 0 Å². The summed E-state index contributed by atoms with van der Waals surface area (Å²) >= 11 is 1.79. The first-order valence-corrected chi connectivity index (χ1v) is 10.1. The molecule has 0 radical (unpaired) electrons. The van der Waals surface area contributed by atoms with Crippen molar-refractivity contribution in [3.63, 3.8) is 0 Å². The number of carbonyl (C=O) groups is 1. The second-order valence-corrected chi connectivity index (χ2v) is 7.64. The van der Waals surface area contributed by atoms with Gasteiger partial charge in [0, 0.05) is 36.7 Å². The molecule has 4 rings (SSSR count). The first-order chi connectivity index (χ1) is 12.8. The lowest BCUT2D eigenvalue weighted by Gasteiger charge is -2.27. The van der Waals surface area contributed by atoms with E-state index >= 15 is 0 Å². The van der Waals surface area contributed by atoms with Crippen LogP contribution in [0.3, 0.4) is 0 Å². The molecule has 2 aliphatic rings. The Kier molecular flexibility index (Phi) is 4.93. The minimum atomic E-state index is 0.102. The molecular weight excluding hydrogens is 344 g/mol. The van der Waals surface area contributed by atoms with Crippen LogP contribution in [-0.2, 0) is 24.2 Å². The normalized spacial score (nSPS) is 16.4. The Balaban J connectivity index is 1.46. The molecular formula is C20H24N4OS. The average Bonchev–Trinajstić information content (AvgIpc) is 3.31. The number of hydrogen-bond acceptors (Lipinski definition) is 3. The molecule has 1 amide bonds. The van der Waals surface area contributed by atoms with Crippen molar-refractivity contribution in [2.45, 2.75) is 26.3 Å². The lowest BCUT2D eigenvalue weighted by molar-refractivity contribution is -0.130. The number of benzene rings is 1. The van der Waals surface area contributed by atoms with Crippen molar-refractivity contribution in [1.82, 2.24) is 10.2 Å². The molecule has 1 aromatic carbocycles. The van der Waals surface area contributed by atoms with E-state index in [1.165, 1.54) is 21.7 Å². The highest BCUT2D eigenvalue weighted by Crippen LogP contribution is 2.27. The molecule has 0 saturated carbocycles. The van der Waals surface area contributed by atoms with Gasteiger partial charge in [0.2, 0.25) is 5.91 Å². The van der Waals surface area contributed by atoms with Crippen molar-refractivity contribution in [2.24, 2.45) is 4.99 Å². The number of nitrogens with one attached hydrogen (secondary N) is 1. The van der Waals surface area contributed by atoms with Crippen LogP contribution in [0, 0.1) is 0 Å². The zero-order valence-corrected chi connectivity index (χ0v) is 15.9. The monoisotopic (exact) mass is 368 g/mol.